The average molecular weight is 779 g/mol. The first-order valence-electron chi connectivity index (χ1n) is 20.6. The molecule has 1 aromatic carbocycles. The van der Waals surface area contributed by atoms with Crippen molar-refractivity contribution >= 4 is 6.29 Å². The van der Waals surface area contributed by atoms with E-state index >= 15 is 0 Å². The predicted molar refractivity (Wildman–Crippen MR) is 222 cm³/mol. The van der Waals surface area contributed by atoms with Crippen molar-refractivity contribution in [1.29, 1.82) is 0 Å². The summed E-state index contributed by atoms with van der Waals surface area (Å²) in [6.45, 7) is 11.1. The highest BCUT2D eigenvalue weighted by Crippen LogP contribution is 2.64. The molecular formula is C46H70N2O8. The fourth-order valence-electron chi connectivity index (χ4n) is 9.95. The second kappa shape index (κ2) is 21.3. The van der Waals surface area contributed by atoms with Crippen LogP contribution in [0.3, 0.4) is 0 Å². The summed E-state index contributed by atoms with van der Waals surface area (Å²) in [6, 6.07) is 8.63. The van der Waals surface area contributed by atoms with Crippen molar-refractivity contribution in [3.8, 4) is 0 Å². The number of carbonyl (C=O) groups is 1. The number of aldehydes is 1. The summed E-state index contributed by atoms with van der Waals surface area (Å²) in [4.78, 5) is 12.1. The Morgan fingerprint density at radius 1 is 1.16 bits per heavy atom. The van der Waals surface area contributed by atoms with Gasteiger partial charge in [-0.1, -0.05) is 66.3 Å². The summed E-state index contributed by atoms with van der Waals surface area (Å²) in [5.41, 5.74) is 4.06. The van der Waals surface area contributed by atoms with E-state index in [0.717, 1.165) is 47.8 Å². The lowest BCUT2D eigenvalue weighted by Gasteiger charge is -2.57. The number of hydrogen-bond donors (Lipinski definition) is 7. The van der Waals surface area contributed by atoms with E-state index in [1.54, 1.807) is 7.11 Å². The van der Waals surface area contributed by atoms with Crippen molar-refractivity contribution in [2.75, 3.05) is 47.3 Å². The van der Waals surface area contributed by atoms with E-state index in [1.165, 1.54) is 11.1 Å². The first-order valence-corrected chi connectivity index (χ1v) is 20.6. The largest absolute Gasteiger partial charge is 0.396 e. The molecule has 1 spiro atoms. The normalized spacial score (nSPS) is 33.5. The molecule has 0 unspecified atom stereocenters. The molecule has 2 saturated carbocycles. The summed E-state index contributed by atoms with van der Waals surface area (Å²) in [6.07, 6.45) is 13.6. The molecule has 0 saturated heterocycles. The Kier molecular flexibility index (Phi) is 17.5. The molecule has 0 radical (unpaired) electrons. The molecule has 7 N–H and O–H groups in total. The summed E-state index contributed by atoms with van der Waals surface area (Å²) in [7, 11) is 3.55. The van der Waals surface area contributed by atoms with Crippen LogP contribution in [-0.2, 0) is 27.1 Å². The molecule has 0 aromatic heterocycles. The van der Waals surface area contributed by atoms with Gasteiger partial charge in [-0.2, -0.15) is 0 Å². The number of ether oxygens (including phenoxy) is 2. The van der Waals surface area contributed by atoms with Crippen molar-refractivity contribution in [1.82, 2.24) is 10.6 Å². The maximum atomic E-state index is 12.6. The lowest BCUT2D eigenvalue weighted by molar-refractivity contribution is -0.180. The van der Waals surface area contributed by atoms with Crippen LogP contribution in [0.5, 0.6) is 0 Å². The van der Waals surface area contributed by atoms with Gasteiger partial charge in [-0.15, -0.1) is 0 Å². The van der Waals surface area contributed by atoms with Gasteiger partial charge in [-0.3, -0.25) is 10.1 Å². The minimum absolute atomic E-state index is 0.0216. The fraction of sp³-hybridized carbons (Fsp3) is 0.630. The average Bonchev–Trinajstić information content (AvgIpc) is 3.52. The molecule has 312 valence electrons. The van der Waals surface area contributed by atoms with Crippen LogP contribution < -0.4 is 10.6 Å². The maximum absolute atomic E-state index is 12.6. The van der Waals surface area contributed by atoms with Crippen LogP contribution in [0, 0.1) is 23.2 Å². The highest BCUT2D eigenvalue weighted by Gasteiger charge is 2.65. The molecule has 1 aromatic rings. The highest BCUT2D eigenvalue weighted by atomic mass is 16.6. The van der Waals surface area contributed by atoms with Gasteiger partial charge in [-0.05, 0) is 145 Å². The monoisotopic (exact) mass is 779 g/mol. The topological polar surface area (TPSA) is 161 Å². The van der Waals surface area contributed by atoms with E-state index in [0.29, 0.717) is 70.1 Å². The molecule has 2 aliphatic carbocycles. The standard InChI is InChI=1S/C46H70N2O8/c1-32(37-16-15-33(2)43(53)48-44(4,22-25-55-6)28-36-12-8-11-35(26-36)27-37)10-7-13-38(30-56-31-51)40-18-20-46(42(40)52)41(14-9-24-49)39(34(3)29-50)17-19-45(46,54)21-23-47-5/h7-8,10-13,15,26,29,37,40-43,47-49,51-54H,1,9,14,16-25,27-28,30-31H2,2-6H3/b10-7+,33-15+,38-13-,39-34-/t37-,40-,41-,42+,43+,44-,45-,46+/m0/s1. The zero-order chi connectivity index (χ0) is 40.9. The number of nitrogens with one attached hydrogen (secondary N) is 2. The molecule has 0 amide bonds. The highest BCUT2D eigenvalue weighted by molar-refractivity contribution is 5.74. The van der Waals surface area contributed by atoms with E-state index in [9.17, 15) is 30.3 Å². The summed E-state index contributed by atoms with van der Waals surface area (Å²) >= 11 is 0. The second-order valence-corrected chi connectivity index (χ2v) is 16.8. The van der Waals surface area contributed by atoms with Crippen molar-refractivity contribution in [3.05, 3.63) is 94.1 Å². The van der Waals surface area contributed by atoms with Crippen LogP contribution in [-0.4, -0.2) is 103 Å². The summed E-state index contributed by atoms with van der Waals surface area (Å²) in [5, 5.41) is 62.6. The molecule has 2 bridgehead atoms. The third kappa shape index (κ3) is 10.8. The number of allylic oxidation sites excluding steroid dienone is 7. The number of aliphatic hydroxyl groups is 5. The maximum Gasteiger partial charge on any atom is 0.145 e. The first kappa shape index (κ1) is 45.9. The first-order chi connectivity index (χ1) is 26.8. The van der Waals surface area contributed by atoms with Gasteiger partial charge in [0.05, 0.1) is 18.3 Å². The van der Waals surface area contributed by atoms with Crippen LogP contribution in [0.2, 0.25) is 0 Å². The van der Waals surface area contributed by atoms with Crippen molar-refractivity contribution in [3.63, 3.8) is 0 Å². The number of rotatable bonds is 17. The Morgan fingerprint density at radius 2 is 1.93 bits per heavy atom. The Hall–Kier alpha value is -2.77. The number of carbonyl (C=O) groups excluding carboxylic acids is 1. The van der Waals surface area contributed by atoms with Gasteiger partial charge in [-0.25, -0.2) is 0 Å². The molecule has 4 rings (SSSR count). The number of hydrogen-bond acceptors (Lipinski definition) is 10. The Morgan fingerprint density at radius 3 is 2.62 bits per heavy atom. The Bertz CT molecular complexity index is 1590. The fourth-order valence-corrected chi connectivity index (χ4v) is 9.95. The minimum atomic E-state index is -1.20. The molecule has 1 heterocycles. The van der Waals surface area contributed by atoms with E-state index in [-0.39, 0.29) is 36.5 Å². The van der Waals surface area contributed by atoms with E-state index < -0.39 is 30.1 Å². The zero-order valence-corrected chi connectivity index (χ0v) is 34.6. The summed E-state index contributed by atoms with van der Waals surface area (Å²) < 4.78 is 11.0. The van der Waals surface area contributed by atoms with E-state index in [1.807, 2.05) is 39.1 Å². The van der Waals surface area contributed by atoms with Crippen LogP contribution >= 0.6 is 0 Å². The molecular weight excluding hydrogens is 709 g/mol. The van der Waals surface area contributed by atoms with Crippen LogP contribution in [0.4, 0.5) is 0 Å². The molecule has 56 heavy (non-hydrogen) atoms. The molecule has 10 nitrogen and oxygen atoms in total. The smallest absolute Gasteiger partial charge is 0.145 e. The molecule has 8 atom stereocenters. The Labute approximate surface area is 335 Å². The lowest BCUT2D eigenvalue weighted by Crippen LogP contribution is -2.61. The minimum Gasteiger partial charge on any atom is -0.396 e. The van der Waals surface area contributed by atoms with E-state index in [2.05, 4.69) is 54.5 Å². The lowest BCUT2D eigenvalue weighted by atomic mass is 9.51. The molecule has 10 heteroatoms. The third-order valence-electron chi connectivity index (χ3n) is 13.2. The van der Waals surface area contributed by atoms with Gasteiger partial charge in [0.1, 0.15) is 19.3 Å². The summed E-state index contributed by atoms with van der Waals surface area (Å²) in [5.74, 6) is -0.599. The van der Waals surface area contributed by atoms with Gasteiger partial charge in [0.15, 0.2) is 0 Å². The van der Waals surface area contributed by atoms with Crippen molar-refractivity contribution in [2.45, 2.75) is 115 Å². The van der Waals surface area contributed by atoms with Crippen molar-refractivity contribution in [2.24, 2.45) is 23.2 Å². The number of fused-ring (bicyclic) bond motifs is 2. The van der Waals surface area contributed by atoms with Gasteiger partial charge >= 0.3 is 0 Å². The second-order valence-electron chi connectivity index (χ2n) is 16.8. The molecule has 3 aliphatic rings. The quantitative estimate of drug-likeness (QED) is 0.0367. The van der Waals surface area contributed by atoms with Gasteiger partial charge in [0.25, 0.3) is 0 Å². The van der Waals surface area contributed by atoms with Gasteiger partial charge in [0.2, 0.25) is 0 Å². The van der Waals surface area contributed by atoms with Crippen LogP contribution in [0.15, 0.2) is 83.0 Å². The number of benzene rings is 1. The number of aliphatic hydroxyl groups excluding tert-OH is 4. The van der Waals surface area contributed by atoms with Crippen LogP contribution in [0.25, 0.3) is 0 Å². The van der Waals surface area contributed by atoms with Crippen LogP contribution in [0.1, 0.15) is 89.7 Å². The van der Waals surface area contributed by atoms with Gasteiger partial charge in [0, 0.05) is 37.2 Å². The molecule has 2 fully saturated rings. The predicted octanol–water partition coefficient (Wildman–Crippen LogP) is 5.24. The van der Waals surface area contributed by atoms with Crippen molar-refractivity contribution < 1.29 is 39.8 Å². The van der Waals surface area contributed by atoms with Gasteiger partial charge < -0.3 is 40.3 Å². The third-order valence-corrected chi connectivity index (χ3v) is 13.2. The SMILES string of the molecule is C=C(/C=C/C=C(/COCO)[C@@H]1CC[C@]2([C@@H]1O)[C@@H](CCCO)/C(=C(/C)C=O)CC[C@]2(O)CCNC)[C@H]1C/C=C(\C)[C@@H](O)N[C@@](C)(CCOC)Cc2cccc(c2)C1. The zero-order valence-electron chi connectivity index (χ0n) is 34.6. The molecule has 1 aliphatic heterocycles. The number of methoxy groups -OCH3 is 1. The van der Waals surface area contributed by atoms with E-state index in [4.69, 9.17) is 9.47 Å². The Balaban J connectivity index is 1.66.